The molecule has 1 unspecified atom stereocenters. The van der Waals surface area contributed by atoms with E-state index < -0.39 is 29.6 Å². The lowest BCUT2D eigenvalue weighted by Crippen LogP contribution is -2.25. The van der Waals surface area contributed by atoms with Crippen LogP contribution in [0.4, 0.5) is 13.2 Å². The number of nitrogens with one attached hydrogen (secondary N) is 1. The van der Waals surface area contributed by atoms with Gasteiger partial charge in [0.25, 0.3) is 0 Å². The van der Waals surface area contributed by atoms with Gasteiger partial charge in [-0.3, -0.25) is 0 Å². The molecule has 0 heterocycles. The standard InChI is InChI=1S/C14H18F3NO3/c1-8(2)18-7-10-4-5-12(21-9(3)13(19)20)11(6-10)14(15,16)17/h4-6,8-9,18H,7H2,1-3H3,(H,19,20). The van der Waals surface area contributed by atoms with Gasteiger partial charge in [0.05, 0.1) is 5.56 Å². The number of carboxylic acids is 1. The van der Waals surface area contributed by atoms with Gasteiger partial charge in [0.15, 0.2) is 6.10 Å². The van der Waals surface area contributed by atoms with Crippen LogP contribution in [0.1, 0.15) is 31.9 Å². The molecule has 1 aromatic carbocycles. The predicted octanol–water partition coefficient (Wildman–Crippen LogP) is 3.06. The van der Waals surface area contributed by atoms with E-state index in [2.05, 4.69) is 5.32 Å². The lowest BCUT2D eigenvalue weighted by molar-refractivity contribution is -0.147. The van der Waals surface area contributed by atoms with Crippen molar-refractivity contribution in [2.75, 3.05) is 0 Å². The Morgan fingerprint density at radius 3 is 2.43 bits per heavy atom. The lowest BCUT2D eigenvalue weighted by atomic mass is 10.1. The first-order valence-corrected chi connectivity index (χ1v) is 6.44. The first kappa shape index (κ1) is 17.3. The number of alkyl halides is 3. The van der Waals surface area contributed by atoms with Crippen LogP contribution >= 0.6 is 0 Å². The van der Waals surface area contributed by atoms with E-state index >= 15 is 0 Å². The van der Waals surface area contributed by atoms with Gasteiger partial charge in [0, 0.05) is 12.6 Å². The highest BCUT2D eigenvalue weighted by Crippen LogP contribution is 2.37. The molecule has 0 aliphatic carbocycles. The summed E-state index contributed by atoms with van der Waals surface area (Å²) in [5, 5.41) is 11.7. The molecule has 0 fully saturated rings. The van der Waals surface area contributed by atoms with Gasteiger partial charge in [0.2, 0.25) is 0 Å². The quantitative estimate of drug-likeness (QED) is 0.848. The normalized spacial score (nSPS) is 13.3. The van der Waals surface area contributed by atoms with Crippen LogP contribution in [0.25, 0.3) is 0 Å². The van der Waals surface area contributed by atoms with Crippen LogP contribution in [-0.2, 0) is 17.5 Å². The summed E-state index contributed by atoms with van der Waals surface area (Å²) >= 11 is 0. The summed E-state index contributed by atoms with van der Waals surface area (Å²) in [4.78, 5) is 10.7. The Labute approximate surface area is 120 Å². The zero-order chi connectivity index (χ0) is 16.2. The maximum atomic E-state index is 13.0. The van der Waals surface area contributed by atoms with E-state index in [-0.39, 0.29) is 12.6 Å². The Bertz CT molecular complexity index is 501. The number of carboxylic acid groups (broad SMARTS) is 1. The number of benzene rings is 1. The molecule has 1 rings (SSSR count). The SMILES string of the molecule is CC(C)NCc1ccc(OC(C)C(=O)O)c(C(F)(F)F)c1. The largest absolute Gasteiger partial charge is 0.479 e. The van der Waals surface area contributed by atoms with Crippen LogP contribution in [0.15, 0.2) is 18.2 Å². The second-order valence-electron chi connectivity index (χ2n) is 4.96. The van der Waals surface area contributed by atoms with Crippen molar-refractivity contribution in [2.24, 2.45) is 0 Å². The molecule has 0 amide bonds. The van der Waals surface area contributed by atoms with Crippen LogP contribution in [0, 0.1) is 0 Å². The van der Waals surface area contributed by atoms with E-state index in [1.165, 1.54) is 13.0 Å². The minimum absolute atomic E-state index is 0.141. The van der Waals surface area contributed by atoms with Crippen molar-refractivity contribution in [1.29, 1.82) is 0 Å². The lowest BCUT2D eigenvalue weighted by Gasteiger charge is -2.18. The minimum Gasteiger partial charge on any atom is -0.479 e. The molecule has 2 N–H and O–H groups in total. The number of aliphatic carboxylic acids is 1. The topological polar surface area (TPSA) is 58.6 Å². The Hall–Kier alpha value is -1.76. The van der Waals surface area contributed by atoms with Gasteiger partial charge in [-0.15, -0.1) is 0 Å². The third-order valence-corrected chi connectivity index (χ3v) is 2.72. The van der Waals surface area contributed by atoms with Gasteiger partial charge in [-0.1, -0.05) is 19.9 Å². The van der Waals surface area contributed by atoms with E-state index in [0.717, 1.165) is 12.1 Å². The van der Waals surface area contributed by atoms with Crippen LogP contribution in [0.5, 0.6) is 5.75 Å². The average molecular weight is 305 g/mol. The van der Waals surface area contributed by atoms with Gasteiger partial charge in [0.1, 0.15) is 5.75 Å². The fourth-order valence-corrected chi connectivity index (χ4v) is 1.57. The summed E-state index contributed by atoms with van der Waals surface area (Å²) in [5.74, 6) is -1.81. The number of rotatable bonds is 6. The highest BCUT2D eigenvalue weighted by Gasteiger charge is 2.35. The second kappa shape index (κ2) is 6.80. The van der Waals surface area contributed by atoms with Crippen molar-refractivity contribution in [2.45, 2.75) is 45.6 Å². The van der Waals surface area contributed by atoms with E-state index in [1.807, 2.05) is 13.8 Å². The third kappa shape index (κ3) is 5.26. The number of ether oxygens (including phenoxy) is 1. The van der Waals surface area contributed by atoms with Gasteiger partial charge in [-0.2, -0.15) is 13.2 Å². The zero-order valence-corrected chi connectivity index (χ0v) is 12.0. The fraction of sp³-hybridized carbons (Fsp3) is 0.500. The van der Waals surface area contributed by atoms with E-state index in [4.69, 9.17) is 9.84 Å². The summed E-state index contributed by atoms with van der Waals surface area (Å²) in [6.07, 6.45) is -5.97. The van der Waals surface area contributed by atoms with Crippen molar-refractivity contribution in [1.82, 2.24) is 5.32 Å². The Morgan fingerprint density at radius 1 is 1.33 bits per heavy atom. The Kier molecular flexibility index (Phi) is 5.60. The van der Waals surface area contributed by atoms with E-state index in [0.29, 0.717) is 5.56 Å². The summed E-state index contributed by atoms with van der Waals surface area (Å²) in [7, 11) is 0. The van der Waals surface area contributed by atoms with Crippen molar-refractivity contribution >= 4 is 5.97 Å². The van der Waals surface area contributed by atoms with Crippen molar-refractivity contribution < 1.29 is 27.8 Å². The smallest absolute Gasteiger partial charge is 0.419 e. The monoisotopic (exact) mass is 305 g/mol. The molecule has 1 aromatic rings. The van der Waals surface area contributed by atoms with Gasteiger partial charge < -0.3 is 15.2 Å². The molecule has 0 aliphatic heterocycles. The maximum Gasteiger partial charge on any atom is 0.419 e. The molecule has 0 saturated heterocycles. The molecule has 4 nitrogen and oxygen atoms in total. The van der Waals surface area contributed by atoms with Gasteiger partial charge in [-0.25, -0.2) is 4.79 Å². The molecule has 21 heavy (non-hydrogen) atoms. The summed E-state index contributed by atoms with van der Waals surface area (Å²) in [5.41, 5.74) is -0.523. The molecule has 0 bridgehead atoms. The Morgan fingerprint density at radius 2 is 1.95 bits per heavy atom. The van der Waals surface area contributed by atoms with Gasteiger partial charge in [-0.05, 0) is 24.6 Å². The summed E-state index contributed by atoms with van der Waals surface area (Å²) < 4.78 is 44.0. The van der Waals surface area contributed by atoms with E-state index in [9.17, 15) is 18.0 Å². The molecule has 0 saturated carbocycles. The highest BCUT2D eigenvalue weighted by molar-refractivity contribution is 5.72. The molecule has 0 spiro atoms. The van der Waals surface area contributed by atoms with Gasteiger partial charge >= 0.3 is 12.1 Å². The zero-order valence-electron chi connectivity index (χ0n) is 12.0. The predicted molar refractivity (Wildman–Crippen MR) is 71.1 cm³/mol. The van der Waals surface area contributed by atoms with Crippen LogP contribution in [0.2, 0.25) is 0 Å². The first-order valence-electron chi connectivity index (χ1n) is 6.44. The molecule has 0 aliphatic rings. The Balaban J connectivity index is 3.05. The van der Waals surface area contributed by atoms with Crippen LogP contribution in [0.3, 0.4) is 0 Å². The molecule has 0 aromatic heterocycles. The molecule has 118 valence electrons. The molecule has 0 radical (unpaired) electrons. The van der Waals surface area contributed by atoms with Crippen molar-refractivity contribution in [3.05, 3.63) is 29.3 Å². The number of carbonyl (C=O) groups is 1. The number of hydrogen-bond acceptors (Lipinski definition) is 3. The van der Waals surface area contributed by atoms with Crippen LogP contribution in [-0.4, -0.2) is 23.2 Å². The molecular weight excluding hydrogens is 287 g/mol. The maximum absolute atomic E-state index is 13.0. The first-order chi connectivity index (χ1) is 9.61. The minimum atomic E-state index is -4.61. The second-order valence-corrected chi connectivity index (χ2v) is 4.96. The van der Waals surface area contributed by atoms with Crippen molar-refractivity contribution in [3.8, 4) is 5.75 Å². The number of hydrogen-bond donors (Lipinski definition) is 2. The highest BCUT2D eigenvalue weighted by atomic mass is 19.4. The molecule has 1 atom stereocenters. The third-order valence-electron chi connectivity index (χ3n) is 2.72. The van der Waals surface area contributed by atoms with Crippen molar-refractivity contribution in [3.63, 3.8) is 0 Å². The van der Waals surface area contributed by atoms with Crippen LogP contribution < -0.4 is 10.1 Å². The number of halogens is 3. The molecule has 7 heteroatoms. The fourth-order valence-electron chi connectivity index (χ4n) is 1.57. The molecular formula is C14H18F3NO3. The summed E-state index contributed by atoms with van der Waals surface area (Å²) in [6, 6.07) is 3.75. The van der Waals surface area contributed by atoms with E-state index in [1.54, 1.807) is 0 Å². The summed E-state index contributed by atoms with van der Waals surface area (Å²) in [6.45, 7) is 5.24. The average Bonchev–Trinajstić information content (AvgIpc) is 2.35.